The fourth-order valence-electron chi connectivity index (χ4n) is 1.83. The number of hydrogen-bond acceptors (Lipinski definition) is 3. The number of aromatic nitrogens is 1. The molecule has 0 aliphatic rings. The Hall–Kier alpha value is -2.21. The lowest BCUT2D eigenvalue weighted by molar-refractivity contribution is 0.0954. The number of anilines is 1. The van der Waals surface area contributed by atoms with Crippen LogP contribution < -0.4 is 11.1 Å². The van der Waals surface area contributed by atoms with Crippen LogP contribution in [0, 0.1) is 11.6 Å². The van der Waals surface area contributed by atoms with Crippen LogP contribution in [0.15, 0.2) is 30.3 Å². The highest BCUT2D eigenvalue weighted by atomic mass is 35.5. The number of carbonyl (C=O) groups excluding carboxylic acids is 1. The first-order valence-electron chi connectivity index (χ1n) is 6.10. The first-order chi connectivity index (χ1) is 9.94. The third-order valence-electron chi connectivity index (χ3n) is 2.70. The van der Waals surface area contributed by atoms with E-state index in [0.29, 0.717) is 12.0 Å². The van der Waals surface area contributed by atoms with E-state index < -0.39 is 11.6 Å². The Morgan fingerprint density at radius 1 is 1.19 bits per heavy atom. The van der Waals surface area contributed by atoms with E-state index in [1.165, 1.54) is 24.3 Å². The van der Waals surface area contributed by atoms with Crippen molar-refractivity contribution in [3.05, 3.63) is 58.2 Å². The molecule has 0 fully saturated rings. The van der Waals surface area contributed by atoms with Crippen molar-refractivity contribution in [1.82, 2.24) is 10.3 Å². The zero-order chi connectivity index (χ0) is 15.4. The zero-order valence-corrected chi connectivity index (χ0v) is 11.6. The van der Waals surface area contributed by atoms with Crippen molar-refractivity contribution in [3.8, 4) is 0 Å². The van der Waals surface area contributed by atoms with E-state index in [0.717, 1.165) is 6.07 Å². The topological polar surface area (TPSA) is 68.0 Å². The van der Waals surface area contributed by atoms with Gasteiger partial charge in [0.15, 0.2) is 0 Å². The van der Waals surface area contributed by atoms with Crippen LogP contribution in [0.5, 0.6) is 0 Å². The average Bonchev–Trinajstić information content (AvgIpc) is 2.36. The minimum atomic E-state index is -0.648. The van der Waals surface area contributed by atoms with Crippen molar-refractivity contribution < 1.29 is 13.6 Å². The Morgan fingerprint density at radius 2 is 1.86 bits per heavy atom. The number of rotatable bonds is 4. The molecule has 2 rings (SSSR count). The summed E-state index contributed by atoms with van der Waals surface area (Å²) in [6.07, 6.45) is 0.300. The maximum atomic E-state index is 13.0. The molecular weight excluding hydrogens is 300 g/mol. The number of carbonyl (C=O) groups is 1. The molecule has 7 heteroatoms. The van der Waals surface area contributed by atoms with E-state index in [4.69, 9.17) is 17.3 Å². The lowest BCUT2D eigenvalue weighted by Crippen LogP contribution is -2.26. The molecule has 0 aliphatic heterocycles. The van der Waals surface area contributed by atoms with Crippen molar-refractivity contribution in [2.45, 2.75) is 6.42 Å². The lowest BCUT2D eigenvalue weighted by atomic mass is 10.1. The molecule has 0 radical (unpaired) electrons. The second-order valence-electron chi connectivity index (χ2n) is 4.39. The fourth-order valence-corrected chi connectivity index (χ4v) is 2.04. The zero-order valence-electron chi connectivity index (χ0n) is 10.9. The van der Waals surface area contributed by atoms with E-state index in [1.54, 1.807) is 0 Å². The highest BCUT2D eigenvalue weighted by molar-refractivity contribution is 6.29. The van der Waals surface area contributed by atoms with Gasteiger partial charge in [0.1, 0.15) is 22.6 Å². The van der Waals surface area contributed by atoms with Crippen LogP contribution >= 0.6 is 11.6 Å². The SMILES string of the molecule is Nc1cc(C(=O)NCCc2cc(F)cc(F)c2)cc(Cl)n1. The van der Waals surface area contributed by atoms with E-state index in [9.17, 15) is 13.6 Å². The van der Waals surface area contributed by atoms with Crippen LogP contribution in [0.25, 0.3) is 0 Å². The molecule has 2 aromatic rings. The van der Waals surface area contributed by atoms with E-state index >= 15 is 0 Å². The number of hydrogen-bond donors (Lipinski definition) is 2. The van der Waals surface area contributed by atoms with Gasteiger partial charge in [-0.25, -0.2) is 13.8 Å². The molecule has 0 bridgehead atoms. The van der Waals surface area contributed by atoms with Crippen molar-refractivity contribution >= 4 is 23.3 Å². The number of halogens is 3. The molecule has 4 nitrogen and oxygen atoms in total. The molecule has 0 saturated heterocycles. The molecule has 1 aromatic carbocycles. The monoisotopic (exact) mass is 311 g/mol. The van der Waals surface area contributed by atoms with E-state index in [2.05, 4.69) is 10.3 Å². The summed E-state index contributed by atoms with van der Waals surface area (Å²) in [6.45, 7) is 0.224. The molecule has 21 heavy (non-hydrogen) atoms. The summed E-state index contributed by atoms with van der Waals surface area (Å²) in [5.74, 6) is -1.54. The Balaban J connectivity index is 1.95. The van der Waals surface area contributed by atoms with Gasteiger partial charge in [-0.2, -0.15) is 0 Å². The molecular formula is C14H12ClF2N3O. The van der Waals surface area contributed by atoms with Crippen LogP contribution in [0.2, 0.25) is 5.15 Å². The van der Waals surface area contributed by atoms with Crippen LogP contribution in [0.1, 0.15) is 15.9 Å². The van der Waals surface area contributed by atoms with Crippen LogP contribution in [-0.2, 0) is 6.42 Å². The van der Waals surface area contributed by atoms with Crippen molar-refractivity contribution in [3.63, 3.8) is 0 Å². The van der Waals surface area contributed by atoms with Crippen LogP contribution in [0.3, 0.4) is 0 Å². The predicted molar refractivity (Wildman–Crippen MR) is 76.1 cm³/mol. The first kappa shape index (κ1) is 15.2. The fraction of sp³-hybridized carbons (Fsp3) is 0.143. The molecule has 0 saturated carbocycles. The predicted octanol–water partition coefficient (Wildman–Crippen LogP) is 2.57. The van der Waals surface area contributed by atoms with Gasteiger partial charge < -0.3 is 11.1 Å². The summed E-state index contributed by atoms with van der Waals surface area (Å²) in [5.41, 5.74) is 6.23. The highest BCUT2D eigenvalue weighted by Gasteiger charge is 2.08. The van der Waals surface area contributed by atoms with Gasteiger partial charge in [0, 0.05) is 18.2 Å². The highest BCUT2D eigenvalue weighted by Crippen LogP contribution is 2.12. The molecule has 0 aliphatic carbocycles. The molecule has 3 N–H and O–H groups in total. The summed E-state index contributed by atoms with van der Waals surface area (Å²) in [6, 6.07) is 6.01. The van der Waals surface area contributed by atoms with Gasteiger partial charge in [-0.1, -0.05) is 11.6 Å². The number of nitrogens with two attached hydrogens (primary N) is 1. The maximum Gasteiger partial charge on any atom is 0.251 e. The van der Waals surface area contributed by atoms with Gasteiger partial charge >= 0.3 is 0 Å². The number of pyridine rings is 1. The summed E-state index contributed by atoms with van der Waals surface area (Å²) in [7, 11) is 0. The van der Waals surface area contributed by atoms with Crippen molar-refractivity contribution in [1.29, 1.82) is 0 Å². The number of amides is 1. The molecule has 110 valence electrons. The number of nitrogens with zero attached hydrogens (tertiary/aromatic N) is 1. The molecule has 1 aromatic heterocycles. The first-order valence-corrected chi connectivity index (χ1v) is 6.48. The van der Waals surface area contributed by atoms with Crippen molar-refractivity contribution in [2.75, 3.05) is 12.3 Å². The van der Waals surface area contributed by atoms with Gasteiger partial charge in [0.2, 0.25) is 0 Å². The molecule has 1 heterocycles. The Bertz CT molecular complexity index is 639. The summed E-state index contributed by atoms with van der Waals surface area (Å²) in [4.78, 5) is 15.6. The van der Waals surface area contributed by atoms with Gasteiger partial charge in [0.25, 0.3) is 5.91 Å². The summed E-state index contributed by atoms with van der Waals surface area (Å²) in [5, 5.41) is 2.73. The minimum Gasteiger partial charge on any atom is -0.384 e. The van der Waals surface area contributed by atoms with Gasteiger partial charge in [-0.3, -0.25) is 4.79 Å². The second kappa shape index (κ2) is 6.49. The average molecular weight is 312 g/mol. The lowest BCUT2D eigenvalue weighted by Gasteiger charge is -2.07. The number of benzene rings is 1. The minimum absolute atomic E-state index is 0.118. The van der Waals surface area contributed by atoms with Crippen molar-refractivity contribution in [2.24, 2.45) is 0 Å². The third kappa shape index (κ3) is 4.39. The normalized spacial score (nSPS) is 10.4. The smallest absolute Gasteiger partial charge is 0.251 e. The Labute approximate surface area is 124 Å². The van der Waals surface area contributed by atoms with Crippen LogP contribution in [0.4, 0.5) is 14.6 Å². The third-order valence-corrected chi connectivity index (χ3v) is 2.89. The van der Waals surface area contributed by atoms with Crippen LogP contribution in [-0.4, -0.2) is 17.4 Å². The van der Waals surface area contributed by atoms with Gasteiger partial charge in [-0.05, 0) is 36.2 Å². The molecule has 0 spiro atoms. The summed E-state index contributed by atoms with van der Waals surface area (Å²) < 4.78 is 26.0. The van der Waals surface area contributed by atoms with Gasteiger partial charge in [0.05, 0.1) is 0 Å². The quantitative estimate of drug-likeness (QED) is 0.853. The Kier molecular flexibility index (Phi) is 4.70. The second-order valence-corrected chi connectivity index (χ2v) is 4.77. The molecule has 0 unspecified atom stereocenters. The number of nitrogens with one attached hydrogen (secondary N) is 1. The molecule has 1 amide bonds. The maximum absolute atomic E-state index is 13.0. The van der Waals surface area contributed by atoms with Gasteiger partial charge in [-0.15, -0.1) is 0 Å². The largest absolute Gasteiger partial charge is 0.384 e. The molecule has 0 atom stereocenters. The Morgan fingerprint density at radius 3 is 2.48 bits per heavy atom. The standard InChI is InChI=1S/C14H12ClF2N3O/c15-12-5-9(6-13(18)20-12)14(21)19-2-1-8-3-10(16)7-11(17)4-8/h3-7H,1-2H2,(H2,18,20)(H,19,21). The summed E-state index contributed by atoms with van der Waals surface area (Å²) >= 11 is 5.70. The van der Waals surface area contributed by atoms with E-state index in [1.807, 2.05) is 0 Å². The number of nitrogen functional groups attached to an aromatic ring is 1. The van der Waals surface area contributed by atoms with E-state index in [-0.39, 0.29) is 29.0 Å².